The Bertz CT molecular complexity index is 830. The van der Waals surface area contributed by atoms with E-state index in [0.29, 0.717) is 17.4 Å². The standard InChI is InChI=1S/C43H83NO8/c1-6-8-10-12-13-14-15-16-17-18-19-20-21-22-23-24-25-26-27-28-30-32-34-41(46)52-39(37-50-40(45)33-31-29-11-9-7-2)38-51-43(42(47)48)49-36-35-44(3,4)5/h39,43H,6-38H2,1-5H3/p+1. The summed E-state index contributed by atoms with van der Waals surface area (Å²) in [4.78, 5) is 36.7. The molecule has 2 atom stereocenters. The number of aliphatic carboxylic acids is 1. The topological polar surface area (TPSA) is 108 Å². The van der Waals surface area contributed by atoms with Crippen molar-refractivity contribution in [3.8, 4) is 0 Å². The Morgan fingerprint density at radius 1 is 0.500 bits per heavy atom. The molecule has 2 unspecified atom stereocenters. The van der Waals surface area contributed by atoms with Crippen molar-refractivity contribution in [2.24, 2.45) is 0 Å². The van der Waals surface area contributed by atoms with Crippen molar-refractivity contribution in [2.75, 3.05) is 47.5 Å². The van der Waals surface area contributed by atoms with Gasteiger partial charge in [0.2, 0.25) is 0 Å². The van der Waals surface area contributed by atoms with Gasteiger partial charge < -0.3 is 28.5 Å². The highest BCUT2D eigenvalue weighted by Gasteiger charge is 2.25. The minimum atomic E-state index is -1.50. The van der Waals surface area contributed by atoms with Crippen LogP contribution >= 0.6 is 0 Å². The number of carboxylic acid groups (broad SMARTS) is 1. The lowest BCUT2D eigenvalue weighted by Crippen LogP contribution is -2.40. The van der Waals surface area contributed by atoms with Gasteiger partial charge in [-0.25, -0.2) is 4.79 Å². The van der Waals surface area contributed by atoms with Gasteiger partial charge >= 0.3 is 17.9 Å². The first-order chi connectivity index (χ1) is 25.1. The summed E-state index contributed by atoms with van der Waals surface area (Å²) in [7, 11) is 5.95. The van der Waals surface area contributed by atoms with Gasteiger partial charge in [0.15, 0.2) is 6.10 Å². The smallest absolute Gasteiger partial charge is 0.361 e. The molecule has 0 aliphatic rings. The monoisotopic (exact) mass is 743 g/mol. The van der Waals surface area contributed by atoms with Crippen molar-refractivity contribution < 1.29 is 42.9 Å². The number of unbranched alkanes of at least 4 members (excludes halogenated alkanes) is 25. The van der Waals surface area contributed by atoms with Crippen molar-refractivity contribution in [1.29, 1.82) is 0 Å². The predicted molar refractivity (Wildman–Crippen MR) is 212 cm³/mol. The van der Waals surface area contributed by atoms with Crippen LogP contribution in [0.4, 0.5) is 0 Å². The number of hydrogen-bond acceptors (Lipinski definition) is 7. The molecule has 0 amide bonds. The molecule has 0 heterocycles. The van der Waals surface area contributed by atoms with E-state index in [1.807, 2.05) is 21.1 Å². The van der Waals surface area contributed by atoms with E-state index in [0.717, 1.165) is 51.4 Å². The molecule has 0 rings (SSSR count). The second-order valence-electron chi connectivity index (χ2n) is 16.0. The average molecular weight is 743 g/mol. The summed E-state index contributed by atoms with van der Waals surface area (Å²) < 4.78 is 22.5. The average Bonchev–Trinajstić information content (AvgIpc) is 3.09. The summed E-state index contributed by atoms with van der Waals surface area (Å²) in [5.74, 6) is -2.01. The molecule has 0 saturated carbocycles. The number of quaternary nitrogens is 1. The molecule has 0 aliphatic heterocycles. The van der Waals surface area contributed by atoms with E-state index >= 15 is 0 Å². The van der Waals surface area contributed by atoms with Gasteiger partial charge in [-0.15, -0.1) is 0 Å². The number of carbonyl (C=O) groups is 3. The lowest BCUT2D eigenvalue weighted by molar-refractivity contribution is -0.870. The summed E-state index contributed by atoms with van der Waals surface area (Å²) >= 11 is 0. The van der Waals surface area contributed by atoms with E-state index in [2.05, 4.69) is 13.8 Å². The maximum Gasteiger partial charge on any atom is 0.361 e. The minimum absolute atomic E-state index is 0.176. The molecule has 52 heavy (non-hydrogen) atoms. The van der Waals surface area contributed by atoms with Crippen molar-refractivity contribution in [3.63, 3.8) is 0 Å². The van der Waals surface area contributed by atoms with Gasteiger partial charge in [-0.2, -0.15) is 0 Å². The number of likely N-dealkylation sites (N-methyl/N-ethyl adjacent to an activating group) is 1. The number of esters is 2. The molecule has 0 fully saturated rings. The fourth-order valence-electron chi connectivity index (χ4n) is 6.19. The Kier molecular flexibility index (Phi) is 35.1. The maximum atomic E-state index is 12.7. The van der Waals surface area contributed by atoms with Crippen LogP contribution in [0, 0.1) is 0 Å². The van der Waals surface area contributed by atoms with Crippen LogP contribution in [0.3, 0.4) is 0 Å². The summed E-state index contributed by atoms with van der Waals surface area (Å²) in [6.07, 6.45) is 32.1. The predicted octanol–water partition coefficient (Wildman–Crippen LogP) is 10.9. The summed E-state index contributed by atoms with van der Waals surface area (Å²) in [6, 6.07) is 0. The second-order valence-corrected chi connectivity index (χ2v) is 16.0. The molecule has 9 nitrogen and oxygen atoms in total. The lowest BCUT2D eigenvalue weighted by atomic mass is 10.0. The van der Waals surface area contributed by atoms with Crippen LogP contribution in [0.2, 0.25) is 0 Å². The van der Waals surface area contributed by atoms with Gasteiger partial charge in [0.25, 0.3) is 6.29 Å². The van der Waals surface area contributed by atoms with E-state index in [-0.39, 0.29) is 32.2 Å². The van der Waals surface area contributed by atoms with E-state index in [1.54, 1.807) is 0 Å². The van der Waals surface area contributed by atoms with Gasteiger partial charge in [-0.1, -0.05) is 174 Å². The molecule has 0 aliphatic carbocycles. The maximum absolute atomic E-state index is 12.7. The van der Waals surface area contributed by atoms with Gasteiger partial charge in [0.05, 0.1) is 34.4 Å². The van der Waals surface area contributed by atoms with Crippen molar-refractivity contribution in [1.82, 2.24) is 0 Å². The Balaban J connectivity index is 4.14. The molecule has 0 aromatic rings. The van der Waals surface area contributed by atoms with Gasteiger partial charge in [0.1, 0.15) is 13.2 Å². The molecule has 0 aromatic heterocycles. The fraction of sp³-hybridized carbons (Fsp3) is 0.930. The second kappa shape index (κ2) is 36.3. The van der Waals surface area contributed by atoms with Crippen LogP contribution in [0.1, 0.15) is 200 Å². The fourth-order valence-corrected chi connectivity index (χ4v) is 6.19. The number of hydrogen-bond donors (Lipinski definition) is 1. The van der Waals surface area contributed by atoms with Crippen molar-refractivity contribution in [2.45, 2.75) is 212 Å². The van der Waals surface area contributed by atoms with Crippen LogP contribution in [0.15, 0.2) is 0 Å². The third-order valence-electron chi connectivity index (χ3n) is 9.61. The van der Waals surface area contributed by atoms with Gasteiger partial charge in [0, 0.05) is 12.8 Å². The molecule has 1 N–H and O–H groups in total. The summed E-state index contributed by atoms with van der Waals surface area (Å²) in [6.45, 7) is 4.80. The highest BCUT2D eigenvalue weighted by Crippen LogP contribution is 2.16. The molecule has 9 heteroatoms. The molecular formula is C43H84NO8+. The Labute approximate surface area is 320 Å². The Hall–Kier alpha value is -1.71. The first kappa shape index (κ1) is 50.3. The van der Waals surface area contributed by atoms with Gasteiger partial charge in [-0.05, 0) is 12.8 Å². The quantitative estimate of drug-likeness (QED) is 0.0286. The number of ether oxygens (including phenoxy) is 4. The third-order valence-corrected chi connectivity index (χ3v) is 9.61. The molecule has 0 aromatic carbocycles. The van der Waals surface area contributed by atoms with Crippen LogP contribution < -0.4 is 0 Å². The van der Waals surface area contributed by atoms with Crippen molar-refractivity contribution >= 4 is 17.9 Å². The van der Waals surface area contributed by atoms with E-state index in [1.165, 1.54) is 122 Å². The van der Waals surface area contributed by atoms with E-state index in [9.17, 15) is 19.5 Å². The first-order valence-corrected chi connectivity index (χ1v) is 21.7. The number of rotatable bonds is 40. The molecule has 0 radical (unpaired) electrons. The number of carbonyl (C=O) groups excluding carboxylic acids is 2. The number of carboxylic acids is 1. The first-order valence-electron chi connectivity index (χ1n) is 21.7. The highest BCUT2D eigenvalue weighted by molar-refractivity contribution is 5.71. The van der Waals surface area contributed by atoms with Crippen LogP contribution in [0.5, 0.6) is 0 Å². The molecule has 0 spiro atoms. The zero-order chi connectivity index (χ0) is 38.5. The lowest BCUT2D eigenvalue weighted by Gasteiger charge is -2.25. The molecular weight excluding hydrogens is 658 g/mol. The van der Waals surface area contributed by atoms with E-state index < -0.39 is 24.3 Å². The molecule has 0 bridgehead atoms. The highest BCUT2D eigenvalue weighted by atomic mass is 16.7. The summed E-state index contributed by atoms with van der Waals surface area (Å²) in [5, 5.41) is 9.57. The Morgan fingerprint density at radius 3 is 1.23 bits per heavy atom. The Morgan fingerprint density at radius 2 is 0.865 bits per heavy atom. The zero-order valence-electron chi connectivity index (χ0n) is 34.7. The SMILES string of the molecule is CCCCCCCCCCCCCCCCCCCCCCCCC(=O)OC(COC(=O)CCCCCCC)COC(OCC[N+](C)(C)C)C(=O)O. The van der Waals surface area contributed by atoms with Gasteiger partial charge in [-0.3, -0.25) is 9.59 Å². The van der Waals surface area contributed by atoms with Crippen molar-refractivity contribution in [3.05, 3.63) is 0 Å². The molecule has 308 valence electrons. The minimum Gasteiger partial charge on any atom is -0.477 e. The van der Waals surface area contributed by atoms with Crippen LogP contribution in [-0.4, -0.2) is 87.4 Å². The summed E-state index contributed by atoms with van der Waals surface area (Å²) in [5.41, 5.74) is 0. The number of nitrogens with zero attached hydrogens (tertiary/aromatic N) is 1. The molecule has 0 saturated heterocycles. The van der Waals surface area contributed by atoms with Crippen LogP contribution in [0.25, 0.3) is 0 Å². The zero-order valence-corrected chi connectivity index (χ0v) is 34.7. The largest absolute Gasteiger partial charge is 0.477 e. The third kappa shape index (κ3) is 36.6. The normalized spacial score (nSPS) is 12.9. The van der Waals surface area contributed by atoms with Crippen LogP contribution in [-0.2, 0) is 33.3 Å². The van der Waals surface area contributed by atoms with E-state index in [4.69, 9.17) is 18.9 Å².